The number of allylic oxidation sites excluding steroid dienone is 1. The Balaban J connectivity index is 1.66. The van der Waals surface area contributed by atoms with Crippen LogP contribution in [-0.2, 0) is 14.3 Å². The largest absolute Gasteiger partial charge is 0.465 e. The minimum absolute atomic E-state index is 0.205. The highest BCUT2D eigenvalue weighted by molar-refractivity contribution is 7.07. The van der Waals surface area contributed by atoms with Gasteiger partial charge in [0.25, 0.3) is 5.56 Å². The van der Waals surface area contributed by atoms with Crippen molar-refractivity contribution in [1.29, 1.82) is 0 Å². The van der Waals surface area contributed by atoms with Gasteiger partial charge in [0.2, 0.25) is 0 Å². The molecule has 0 saturated heterocycles. The molecule has 228 valence electrons. The zero-order valence-electron chi connectivity index (χ0n) is 25.2. The number of hydrogen-bond donors (Lipinski definition) is 0. The molecular formula is C34H33ClN2O6S. The Labute approximate surface area is 263 Å². The third-order valence-electron chi connectivity index (χ3n) is 7.36. The first-order chi connectivity index (χ1) is 21.2. The van der Waals surface area contributed by atoms with Crippen molar-refractivity contribution in [2.75, 3.05) is 13.7 Å². The number of benzene rings is 2. The summed E-state index contributed by atoms with van der Waals surface area (Å²) in [7, 11) is 1.30. The summed E-state index contributed by atoms with van der Waals surface area (Å²) >= 11 is 7.44. The third-order valence-corrected chi connectivity index (χ3v) is 8.58. The van der Waals surface area contributed by atoms with E-state index in [1.165, 1.54) is 18.4 Å². The molecule has 0 bridgehead atoms. The van der Waals surface area contributed by atoms with Gasteiger partial charge in [-0.2, -0.15) is 0 Å². The number of carbonyl (C=O) groups excluding carboxylic acids is 2. The molecule has 0 saturated carbocycles. The Morgan fingerprint density at radius 2 is 1.84 bits per heavy atom. The molecule has 5 rings (SSSR count). The van der Waals surface area contributed by atoms with Gasteiger partial charge in [-0.3, -0.25) is 9.36 Å². The molecule has 1 aliphatic rings. The van der Waals surface area contributed by atoms with Crippen LogP contribution >= 0.6 is 22.9 Å². The maximum absolute atomic E-state index is 14.1. The van der Waals surface area contributed by atoms with Crippen molar-refractivity contribution in [2.45, 2.75) is 52.5 Å². The van der Waals surface area contributed by atoms with Crippen LogP contribution < -0.4 is 14.9 Å². The van der Waals surface area contributed by atoms with Crippen molar-refractivity contribution in [3.63, 3.8) is 0 Å². The summed E-state index contributed by atoms with van der Waals surface area (Å²) in [6.45, 7) is 8.21. The first kappa shape index (κ1) is 31.2. The second-order valence-electron chi connectivity index (χ2n) is 10.6. The first-order valence-corrected chi connectivity index (χ1v) is 15.7. The zero-order chi connectivity index (χ0) is 31.5. The predicted molar refractivity (Wildman–Crippen MR) is 171 cm³/mol. The van der Waals surface area contributed by atoms with E-state index in [-0.39, 0.29) is 12.2 Å². The van der Waals surface area contributed by atoms with E-state index in [4.69, 9.17) is 30.5 Å². The Bertz CT molecular complexity index is 1930. The molecule has 0 aliphatic carbocycles. The highest BCUT2D eigenvalue weighted by Crippen LogP contribution is 2.34. The second-order valence-corrected chi connectivity index (χ2v) is 12.1. The number of aromatic nitrogens is 1. The molecule has 1 atom stereocenters. The van der Waals surface area contributed by atoms with Crippen molar-refractivity contribution in [2.24, 2.45) is 4.99 Å². The summed E-state index contributed by atoms with van der Waals surface area (Å²) < 4.78 is 18.4. The molecule has 10 heteroatoms. The lowest BCUT2D eigenvalue weighted by atomic mass is 9.92. The van der Waals surface area contributed by atoms with Crippen LogP contribution in [0.4, 0.5) is 0 Å². The molecule has 0 spiro atoms. The number of carbonyl (C=O) groups is 2. The van der Waals surface area contributed by atoms with Gasteiger partial charge in [0.15, 0.2) is 4.80 Å². The van der Waals surface area contributed by atoms with Gasteiger partial charge in [-0.1, -0.05) is 74.4 Å². The molecule has 0 radical (unpaired) electrons. The SMILES string of the molecule is CCCC1=C(C(=O)OCC)[C@@H](c2ccc(C(C)C)cc2)n2c(s/c(=C/c3ccc(-c4cc(Cl)ccc4C(=O)OC)o3)c2=O)=N1. The lowest BCUT2D eigenvalue weighted by Crippen LogP contribution is -2.40. The van der Waals surface area contributed by atoms with Gasteiger partial charge < -0.3 is 13.9 Å². The summed E-state index contributed by atoms with van der Waals surface area (Å²) in [5.74, 6) is 0.118. The van der Waals surface area contributed by atoms with E-state index < -0.39 is 18.0 Å². The van der Waals surface area contributed by atoms with Crippen molar-refractivity contribution in [1.82, 2.24) is 4.57 Å². The third kappa shape index (κ3) is 6.07. The van der Waals surface area contributed by atoms with E-state index in [2.05, 4.69) is 13.8 Å². The molecule has 0 unspecified atom stereocenters. The number of methoxy groups -OCH3 is 1. The number of fused-ring (bicyclic) bond motifs is 1. The van der Waals surface area contributed by atoms with Gasteiger partial charge in [-0.15, -0.1) is 0 Å². The average molecular weight is 633 g/mol. The van der Waals surface area contributed by atoms with Crippen molar-refractivity contribution in [3.8, 4) is 11.3 Å². The Morgan fingerprint density at radius 1 is 1.09 bits per heavy atom. The number of halogens is 1. The smallest absolute Gasteiger partial charge is 0.338 e. The fraction of sp³-hybridized carbons (Fsp3) is 0.294. The fourth-order valence-corrected chi connectivity index (χ4v) is 6.38. The zero-order valence-corrected chi connectivity index (χ0v) is 26.8. The lowest BCUT2D eigenvalue weighted by Gasteiger charge is -2.26. The monoisotopic (exact) mass is 632 g/mol. The summed E-state index contributed by atoms with van der Waals surface area (Å²) in [6.07, 6.45) is 2.97. The molecule has 4 aromatic rings. The van der Waals surface area contributed by atoms with E-state index in [0.717, 1.165) is 17.5 Å². The van der Waals surface area contributed by atoms with Crippen molar-refractivity contribution >= 4 is 41.0 Å². The summed E-state index contributed by atoms with van der Waals surface area (Å²) in [6, 6.07) is 15.5. The molecular weight excluding hydrogens is 600 g/mol. The molecule has 0 fully saturated rings. The van der Waals surface area contributed by atoms with Crippen LogP contribution in [0.5, 0.6) is 0 Å². The molecule has 0 N–H and O–H groups in total. The van der Waals surface area contributed by atoms with Crippen LogP contribution in [0.25, 0.3) is 17.4 Å². The van der Waals surface area contributed by atoms with E-state index in [1.54, 1.807) is 47.9 Å². The van der Waals surface area contributed by atoms with Gasteiger partial charge in [-0.25, -0.2) is 14.6 Å². The van der Waals surface area contributed by atoms with Crippen molar-refractivity contribution < 1.29 is 23.5 Å². The second kappa shape index (κ2) is 13.2. The van der Waals surface area contributed by atoms with Crippen LogP contribution in [0, 0.1) is 0 Å². The normalized spacial score (nSPS) is 14.9. The quantitative estimate of drug-likeness (QED) is 0.198. The molecule has 1 aliphatic heterocycles. The maximum atomic E-state index is 14.1. The molecule has 3 heterocycles. The Morgan fingerprint density at radius 3 is 2.50 bits per heavy atom. The molecule has 2 aromatic carbocycles. The fourth-order valence-electron chi connectivity index (χ4n) is 5.21. The number of ether oxygens (including phenoxy) is 2. The van der Waals surface area contributed by atoms with Gasteiger partial charge in [0.1, 0.15) is 11.5 Å². The number of esters is 2. The van der Waals surface area contributed by atoms with Gasteiger partial charge >= 0.3 is 11.9 Å². The molecule has 8 nitrogen and oxygen atoms in total. The van der Waals surface area contributed by atoms with Crippen molar-refractivity contribution in [3.05, 3.63) is 113 Å². The minimum Gasteiger partial charge on any atom is -0.465 e. The number of rotatable bonds is 9. The summed E-state index contributed by atoms with van der Waals surface area (Å²) in [5.41, 5.74) is 3.41. The van der Waals surface area contributed by atoms with Gasteiger partial charge in [-0.05, 0) is 60.7 Å². The number of furan rings is 1. The molecule has 44 heavy (non-hydrogen) atoms. The standard InChI is InChI=1S/C34H33ClN2O6S/c1-6-8-26-29(33(40)42-7-2)30(21-11-9-20(10-12-21)19(3)4)37-31(38)28(44-34(37)36-26)18-23-14-16-27(43-23)25-17-22(35)13-15-24(25)32(39)41-5/h9-19,30H,6-8H2,1-5H3/b28-18+/t30-/m1/s1. The van der Waals surface area contributed by atoms with Crippen LogP contribution in [0.1, 0.15) is 79.7 Å². The Kier molecular flexibility index (Phi) is 9.36. The number of hydrogen-bond acceptors (Lipinski definition) is 8. The van der Waals surface area contributed by atoms with Crippen LogP contribution in [-0.4, -0.2) is 30.2 Å². The van der Waals surface area contributed by atoms with Gasteiger partial charge in [0, 0.05) is 16.7 Å². The average Bonchev–Trinajstić information content (AvgIpc) is 3.60. The molecule has 2 aromatic heterocycles. The van der Waals surface area contributed by atoms with E-state index >= 15 is 0 Å². The summed E-state index contributed by atoms with van der Waals surface area (Å²) in [4.78, 5) is 45.1. The summed E-state index contributed by atoms with van der Waals surface area (Å²) in [5, 5.41) is 0.431. The highest BCUT2D eigenvalue weighted by Gasteiger charge is 2.34. The van der Waals surface area contributed by atoms with Crippen LogP contribution in [0.2, 0.25) is 5.02 Å². The number of thiazole rings is 1. The highest BCUT2D eigenvalue weighted by atomic mass is 35.5. The topological polar surface area (TPSA) is 100 Å². The van der Waals surface area contributed by atoms with Crippen LogP contribution in [0.15, 0.2) is 80.1 Å². The minimum atomic E-state index is -0.698. The van der Waals surface area contributed by atoms with E-state index in [9.17, 15) is 14.4 Å². The maximum Gasteiger partial charge on any atom is 0.338 e. The lowest BCUT2D eigenvalue weighted by molar-refractivity contribution is -0.139. The van der Waals surface area contributed by atoms with Gasteiger partial charge in [0.05, 0.1) is 41.1 Å². The predicted octanol–water partition coefficient (Wildman–Crippen LogP) is 6.40. The first-order valence-electron chi connectivity index (χ1n) is 14.5. The van der Waals surface area contributed by atoms with Crippen LogP contribution in [0.3, 0.4) is 0 Å². The molecule has 0 amide bonds. The van der Waals surface area contributed by atoms with E-state index in [1.807, 2.05) is 31.2 Å². The van der Waals surface area contributed by atoms with E-state index in [0.29, 0.717) is 60.6 Å². The number of nitrogens with zero attached hydrogens (tertiary/aromatic N) is 2. The Hall–Kier alpha value is -4.21.